The molecule has 8 nitrogen and oxygen atoms in total. The van der Waals surface area contributed by atoms with E-state index in [1.165, 1.54) is 0 Å². The lowest BCUT2D eigenvalue weighted by molar-refractivity contribution is -0.158. The van der Waals surface area contributed by atoms with Gasteiger partial charge < -0.3 is 25.5 Å². The molecular formula is C6H11NO7Si. The third-order valence-electron chi connectivity index (χ3n) is 1.89. The van der Waals surface area contributed by atoms with Crippen LogP contribution in [0.1, 0.15) is 0 Å². The number of rotatable bonds is 5. The Morgan fingerprint density at radius 1 is 1.27 bits per heavy atom. The van der Waals surface area contributed by atoms with E-state index in [2.05, 4.69) is 4.53 Å². The fourth-order valence-electron chi connectivity index (χ4n) is 0.899. The second kappa shape index (κ2) is 4.98. The van der Waals surface area contributed by atoms with Gasteiger partial charge in [-0.3, -0.25) is 9.32 Å². The number of hydrogen-bond donors (Lipinski definition) is 5. The Kier molecular flexibility index (Phi) is 4.16. The summed E-state index contributed by atoms with van der Waals surface area (Å²) in [5.41, 5.74) is 0. The molecule has 1 aliphatic rings. The molecule has 1 fully saturated rings. The largest absolute Gasteiger partial charge is 0.442 e. The Bertz CT molecular complexity index is 236. The van der Waals surface area contributed by atoms with Crippen LogP contribution in [0.5, 0.6) is 0 Å². The first-order valence-electron chi connectivity index (χ1n) is 4.08. The lowest BCUT2D eigenvalue weighted by atomic mass is 10.0. The number of nitrogens with zero attached hydrogens (tertiary/aromatic N) is 1. The van der Waals surface area contributed by atoms with Crippen molar-refractivity contribution < 1.29 is 34.9 Å². The Labute approximate surface area is 87.3 Å². The Balaban J connectivity index is 2.50. The molecule has 0 bridgehead atoms. The molecule has 1 rings (SSSR count). The number of carbonyl (C=O) groups is 1. The first kappa shape index (κ1) is 12.5. The molecule has 1 amide bonds. The summed E-state index contributed by atoms with van der Waals surface area (Å²) in [5.74, 6) is -0.898. The average molecular weight is 237 g/mol. The average Bonchev–Trinajstić information content (AvgIpc) is 3.07. The van der Waals surface area contributed by atoms with E-state index < -0.39 is 36.9 Å². The molecule has 9 heteroatoms. The summed E-state index contributed by atoms with van der Waals surface area (Å²) in [4.78, 5) is 11.1. The number of hydrogen-bond acceptors (Lipinski definition) is 7. The second-order valence-corrected chi connectivity index (χ2v) is 3.76. The second-order valence-electron chi connectivity index (χ2n) is 2.99. The minimum atomic E-state index is -1.89. The van der Waals surface area contributed by atoms with Gasteiger partial charge in [0.2, 0.25) is 0 Å². The van der Waals surface area contributed by atoms with Crippen molar-refractivity contribution in [3.63, 3.8) is 0 Å². The van der Waals surface area contributed by atoms with Gasteiger partial charge in [-0.15, -0.1) is 0 Å². The highest BCUT2D eigenvalue weighted by atomic mass is 28.3. The van der Waals surface area contributed by atoms with Gasteiger partial charge in [-0.05, 0) is 0 Å². The number of aliphatic hydroxyl groups is 5. The van der Waals surface area contributed by atoms with Crippen LogP contribution in [0.15, 0.2) is 0 Å². The first-order valence-corrected chi connectivity index (χ1v) is 4.94. The van der Waals surface area contributed by atoms with E-state index in [9.17, 15) is 20.1 Å². The Morgan fingerprint density at radius 2 is 1.80 bits per heavy atom. The molecule has 0 aromatic heterocycles. The van der Waals surface area contributed by atoms with E-state index in [1.54, 1.807) is 0 Å². The molecule has 0 saturated carbocycles. The van der Waals surface area contributed by atoms with Crippen molar-refractivity contribution in [3.05, 3.63) is 0 Å². The zero-order chi connectivity index (χ0) is 11.6. The fraction of sp³-hybridized carbons (Fsp3) is 0.833. The van der Waals surface area contributed by atoms with Gasteiger partial charge in [0, 0.05) is 0 Å². The molecule has 1 aliphatic heterocycles. The smallest absolute Gasteiger partial charge is 0.394 e. The standard InChI is InChI=1S/C6H11NO7Si/c8-1-2(9)3(10)4(11)5(12)6(13)7-14-15-7/h2-5,8-12H,1H2/t2-,3-,4+,5-,7?/m1/s1. The van der Waals surface area contributed by atoms with Crippen LogP contribution in [0.4, 0.5) is 0 Å². The molecule has 86 valence electrons. The summed E-state index contributed by atoms with van der Waals surface area (Å²) in [6, 6.07) is 0. The molecule has 5 N–H and O–H groups in total. The van der Waals surface area contributed by atoms with Crippen LogP contribution in [-0.2, 0) is 9.32 Å². The number of aliphatic hydroxyl groups excluding tert-OH is 5. The summed E-state index contributed by atoms with van der Waals surface area (Å²) in [5, 5.41) is 45.1. The van der Waals surface area contributed by atoms with E-state index in [-0.39, 0.29) is 9.92 Å². The van der Waals surface area contributed by atoms with Crippen LogP contribution in [0.3, 0.4) is 0 Å². The maximum atomic E-state index is 11.1. The molecule has 0 spiro atoms. The highest BCUT2D eigenvalue weighted by Crippen LogP contribution is 2.12. The van der Waals surface area contributed by atoms with Crippen LogP contribution in [0.2, 0.25) is 0 Å². The molecular weight excluding hydrogens is 226 g/mol. The lowest BCUT2D eigenvalue weighted by Crippen LogP contribution is -2.50. The van der Waals surface area contributed by atoms with Gasteiger partial charge in [-0.1, -0.05) is 0 Å². The molecule has 15 heavy (non-hydrogen) atoms. The highest BCUT2D eigenvalue weighted by molar-refractivity contribution is 6.37. The predicted molar refractivity (Wildman–Crippen MR) is 44.8 cm³/mol. The summed E-state index contributed by atoms with van der Waals surface area (Å²) in [7, 11) is -0.202. The topological polar surface area (TPSA) is 134 Å². The minimum Gasteiger partial charge on any atom is -0.394 e. The molecule has 0 unspecified atom stereocenters. The van der Waals surface area contributed by atoms with E-state index in [0.29, 0.717) is 0 Å². The van der Waals surface area contributed by atoms with Crippen LogP contribution in [0.25, 0.3) is 0 Å². The molecule has 0 aromatic rings. The van der Waals surface area contributed by atoms with Crippen molar-refractivity contribution in [3.8, 4) is 0 Å². The summed E-state index contributed by atoms with van der Waals surface area (Å²) in [6.07, 6.45) is -7.21. The Hall–Kier alpha value is -0.553. The molecule has 0 aliphatic carbocycles. The van der Waals surface area contributed by atoms with Crippen molar-refractivity contribution >= 4 is 15.8 Å². The van der Waals surface area contributed by atoms with Gasteiger partial charge in [-0.2, -0.15) is 0 Å². The predicted octanol–water partition coefficient (Wildman–Crippen LogP) is -4.27. The number of carbonyl (C=O) groups excluding carboxylic acids is 1. The maximum absolute atomic E-state index is 11.1. The summed E-state index contributed by atoms with van der Waals surface area (Å²) in [6.45, 7) is -0.791. The van der Waals surface area contributed by atoms with Crippen LogP contribution >= 0.6 is 0 Å². The summed E-state index contributed by atoms with van der Waals surface area (Å²) >= 11 is 0. The highest BCUT2D eigenvalue weighted by Gasteiger charge is 2.41. The number of amides is 1. The van der Waals surface area contributed by atoms with Gasteiger partial charge >= 0.3 is 9.92 Å². The van der Waals surface area contributed by atoms with Crippen LogP contribution in [0, 0.1) is 0 Å². The maximum Gasteiger partial charge on any atom is 0.442 e. The van der Waals surface area contributed by atoms with Crippen molar-refractivity contribution in [1.29, 1.82) is 0 Å². The Morgan fingerprint density at radius 3 is 2.20 bits per heavy atom. The molecule has 1 saturated heterocycles. The van der Waals surface area contributed by atoms with Crippen molar-refractivity contribution in [1.82, 2.24) is 4.73 Å². The lowest BCUT2D eigenvalue weighted by Gasteiger charge is -2.24. The first-order chi connectivity index (χ1) is 6.99. The van der Waals surface area contributed by atoms with Crippen LogP contribution < -0.4 is 0 Å². The normalized spacial score (nSPS) is 23.1. The van der Waals surface area contributed by atoms with Gasteiger partial charge in [0.15, 0.2) is 6.10 Å². The molecule has 1 heterocycles. The molecule has 4 atom stereocenters. The third kappa shape index (κ3) is 2.95. The number of hydroxylamine groups is 1. The van der Waals surface area contributed by atoms with Gasteiger partial charge in [0.1, 0.15) is 18.3 Å². The van der Waals surface area contributed by atoms with Crippen molar-refractivity contribution in [2.45, 2.75) is 24.4 Å². The third-order valence-corrected chi connectivity index (χ3v) is 2.48. The van der Waals surface area contributed by atoms with Gasteiger partial charge in [-0.25, -0.2) is 4.73 Å². The van der Waals surface area contributed by atoms with Crippen molar-refractivity contribution in [2.75, 3.05) is 6.61 Å². The SMILES string of the molecule is O=C([C@H](O)[C@@H](O)[C@H](O)[C@H](O)CO)N1O[Si]1. The van der Waals surface area contributed by atoms with E-state index in [0.717, 1.165) is 4.73 Å². The van der Waals surface area contributed by atoms with E-state index >= 15 is 0 Å². The van der Waals surface area contributed by atoms with E-state index in [4.69, 9.17) is 10.2 Å². The van der Waals surface area contributed by atoms with Gasteiger partial charge in [0.25, 0.3) is 5.91 Å². The van der Waals surface area contributed by atoms with E-state index in [1.807, 2.05) is 0 Å². The molecule has 2 radical (unpaired) electrons. The zero-order valence-electron chi connectivity index (χ0n) is 7.52. The molecule has 0 aromatic carbocycles. The summed E-state index contributed by atoms with van der Waals surface area (Å²) < 4.78 is 5.27. The van der Waals surface area contributed by atoms with Crippen molar-refractivity contribution in [2.24, 2.45) is 0 Å². The monoisotopic (exact) mass is 237 g/mol. The fourth-order valence-corrected chi connectivity index (χ4v) is 1.25. The minimum absolute atomic E-state index is 0.202. The van der Waals surface area contributed by atoms with Gasteiger partial charge in [0.05, 0.1) is 6.61 Å². The van der Waals surface area contributed by atoms with Crippen LogP contribution in [-0.4, -0.2) is 77.1 Å². The zero-order valence-corrected chi connectivity index (χ0v) is 8.52. The quantitative estimate of drug-likeness (QED) is 0.241.